The van der Waals surface area contributed by atoms with Crippen LogP contribution in [0, 0.1) is 11.6 Å². The molecule has 0 aliphatic heterocycles. The average molecular weight is 284 g/mol. The minimum absolute atomic E-state index is 0.102. The molecule has 0 aliphatic carbocycles. The number of carbonyl (C=O) groups is 1. The quantitative estimate of drug-likeness (QED) is 0.857. The number of rotatable bonds is 5. The standard InChI is InChI=1S/C12H10F2N2O2S/c13-9-2-1-8(5-10(9)14)6-16-4-3-15-12(16)19-7-11(17)18/h1-5H,6-7H2,(H,17,18). The maximum absolute atomic E-state index is 13.1. The third-order valence-electron chi connectivity index (χ3n) is 2.34. The molecular formula is C12H10F2N2O2S. The molecule has 1 aromatic heterocycles. The first-order chi connectivity index (χ1) is 9.06. The number of hydrogen-bond acceptors (Lipinski definition) is 3. The first kappa shape index (κ1) is 13.5. The summed E-state index contributed by atoms with van der Waals surface area (Å²) in [5, 5.41) is 9.13. The average Bonchev–Trinajstić information content (AvgIpc) is 2.79. The highest BCUT2D eigenvalue weighted by Crippen LogP contribution is 2.18. The van der Waals surface area contributed by atoms with Gasteiger partial charge < -0.3 is 9.67 Å². The van der Waals surface area contributed by atoms with Gasteiger partial charge in [-0.05, 0) is 17.7 Å². The number of aliphatic carboxylic acids is 1. The summed E-state index contributed by atoms with van der Waals surface area (Å²) < 4.78 is 27.6. The van der Waals surface area contributed by atoms with Crippen molar-refractivity contribution in [1.82, 2.24) is 9.55 Å². The SMILES string of the molecule is O=C(O)CSc1nccn1Cc1ccc(F)c(F)c1. The van der Waals surface area contributed by atoms with E-state index in [-0.39, 0.29) is 5.75 Å². The Kier molecular flexibility index (Phi) is 4.16. The number of imidazole rings is 1. The topological polar surface area (TPSA) is 55.1 Å². The van der Waals surface area contributed by atoms with Crippen LogP contribution < -0.4 is 0 Å². The molecule has 0 radical (unpaired) electrons. The second-order valence-corrected chi connectivity index (χ2v) is 4.71. The molecule has 0 spiro atoms. The van der Waals surface area contributed by atoms with Gasteiger partial charge in [-0.25, -0.2) is 13.8 Å². The molecule has 0 fully saturated rings. The third kappa shape index (κ3) is 3.54. The van der Waals surface area contributed by atoms with Crippen molar-refractivity contribution in [3.05, 3.63) is 47.8 Å². The van der Waals surface area contributed by atoms with Gasteiger partial charge in [-0.1, -0.05) is 17.8 Å². The van der Waals surface area contributed by atoms with Crippen molar-refractivity contribution in [3.8, 4) is 0 Å². The summed E-state index contributed by atoms with van der Waals surface area (Å²) in [6.07, 6.45) is 3.19. The summed E-state index contributed by atoms with van der Waals surface area (Å²) in [7, 11) is 0. The molecule has 0 unspecified atom stereocenters. The van der Waals surface area contributed by atoms with Crippen molar-refractivity contribution < 1.29 is 18.7 Å². The molecule has 0 aliphatic rings. The van der Waals surface area contributed by atoms with Gasteiger partial charge in [0.05, 0.1) is 5.75 Å². The molecule has 1 aromatic carbocycles. The number of carboxylic acid groups (broad SMARTS) is 1. The number of aromatic nitrogens is 2. The van der Waals surface area contributed by atoms with E-state index in [9.17, 15) is 13.6 Å². The van der Waals surface area contributed by atoms with E-state index in [0.717, 1.165) is 23.9 Å². The highest BCUT2D eigenvalue weighted by atomic mass is 32.2. The first-order valence-corrected chi connectivity index (χ1v) is 6.34. The summed E-state index contributed by atoms with van der Waals surface area (Å²) in [4.78, 5) is 14.5. The van der Waals surface area contributed by atoms with Crippen LogP contribution in [-0.4, -0.2) is 26.4 Å². The largest absolute Gasteiger partial charge is 0.481 e. The van der Waals surface area contributed by atoms with Gasteiger partial charge in [0.25, 0.3) is 0 Å². The van der Waals surface area contributed by atoms with Gasteiger partial charge in [0, 0.05) is 18.9 Å². The van der Waals surface area contributed by atoms with E-state index in [2.05, 4.69) is 4.98 Å². The second-order valence-electron chi connectivity index (χ2n) is 3.77. The molecule has 100 valence electrons. The smallest absolute Gasteiger partial charge is 0.313 e. The Morgan fingerprint density at radius 3 is 2.84 bits per heavy atom. The third-order valence-corrected chi connectivity index (χ3v) is 3.33. The molecule has 2 rings (SSSR count). The van der Waals surface area contributed by atoms with Crippen LogP contribution in [0.3, 0.4) is 0 Å². The van der Waals surface area contributed by atoms with Crippen LogP contribution in [0.5, 0.6) is 0 Å². The molecular weight excluding hydrogens is 274 g/mol. The molecule has 7 heteroatoms. The number of halogens is 2. The summed E-state index contributed by atoms with van der Waals surface area (Å²) >= 11 is 1.07. The Labute approximate surface area is 112 Å². The fourth-order valence-corrected chi connectivity index (χ4v) is 2.20. The lowest BCUT2D eigenvalue weighted by Crippen LogP contribution is -2.04. The lowest BCUT2D eigenvalue weighted by Gasteiger charge is -2.07. The number of benzene rings is 1. The molecule has 0 amide bonds. The summed E-state index contributed by atoms with van der Waals surface area (Å²) in [5.41, 5.74) is 0.578. The summed E-state index contributed by atoms with van der Waals surface area (Å²) in [6.45, 7) is 0.305. The van der Waals surface area contributed by atoms with Gasteiger partial charge in [-0.3, -0.25) is 4.79 Å². The maximum Gasteiger partial charge on any atom is 0.313 e. The van der Waals surface area contributed by atoms with Gasteiger partial charge in [-0.2, -0.15) is 0 Å². The van der Waals surface area contributed by atoms with E-state index in [1.54, 1.807) is 10.8 Å². The van der Waals surface area contributed by atoms with Crippen LogP contribution in [0.2, 0.25) is 0 Å². The number of nitrogens with zero attached hydrogens (tertiary/aromatic N) is 2. The van der Waals surface area contributed by atoms with Crippen LogP contribution in [0.4, 0.5) is 8.78 Å². The van der Waals surface area contributed by atoms with Crippen LogP contribution in [0.15, 0.2) is 35.7 Å². The van der Waals surface area contributed by atoms with E-state index in [0.29, 0.717) is 17.3 Å². The van der Waals surface area contributed by atoms with Crippen LogP contribution >= 0.6 is 11.8 Å². The van der Waals surface area contributed by atoms with Gasteiger partial charge >= 0.3 is 5.97 Å². The highest BCUT2D eigenvalue weighted by molar-refractivity contribution is 7.99. The normalized spacial score (nSPS) is 10.6. The zero-order chi connectivity index (χ0) is 13.8. The van der Waals surface area contributed by atoms with E-state index in [1.807, 2.05) is 0 Å². The Bertz CT molecular complexity index is 601. The number of carboxylic acids is 1. The molecule has 19 heavy (non-hydrogen) atoms. The van der Waals surface area contributed by atoms with Gasteiger partial charge in [0.1, 0.15) is 0 Å². The molecule has 0 bridgehead atoms. The van der Waals surface area contributed by atoms with Crippen LogP contribution in [-0.2, 0) is 11.3 Å². The van der Waals surface area contributed by atoms with Crippen molar-refractivity contribution >= 4 is 17.7 Å². The lowest BCUT2D eigenvalue weighted by molar-refractivity contribution is -0.133. The van der Waals surface area contributed by atoms with Crippen molar-refractivity contribution in [3.63, 3.8) is 0 Å². The molecule has 0 saturated heterocycles. The van der Waals surface area contributed by atoms with Crippen LogP contribution in [0.25, 0.3) is 0 Å². The Hall–Kier alpha value is -1.89. The van der Waals surface area contributed by atoms with E-state index in [4.69, 9.17) is 5.11 Å². The molecule has 1 N–H and O–H groups in total. The summed E-state index contributed by atoms with van der Waals surface area (Å²) in [6, 6.07) is 3.65. The minimum atomic E-state index is -0.938. The fourth-order valence-electron chi connectivity index (χ4n) is 1.52. The van der Waals surface area contributed by atoms with Gasteiger partial charge in [0.2, 0.25) is 0 Å². The molecule has 0 atom stereocenters. The Morgan fingerprint density at radius 1 is 1.37 bits per heavy atom. The Morgan fingerprint density at radius 2 is 2.16 bits per heavy atom. The number of hydrogen-bond donors (Lipinski definition) is 1. The lowest BCUT2D eigenvalue weighted by atomic mass is 10.2. The molecule has 1 heterocycles. The maximum atomic E-state index is 13.1. The predicted molar refractivity (Wildman–Crippen MR) is 66.0 cm³/mol. The molecule has 4 nitrogen and oxygen atoms in total. The van der Waals surface area contributed by atoms with E-state index < -0.39 is 17.6 Å². The van der Waals surface area contributed by atoms with Gasteiger partial charge in [-0.15, -0.1) is 0 Å². The van der Waals surface area contributed by atoms with Gasteiger partial charge in [0.15, 0.2) is 16.8 Å². The van der Waals surface area contributed by atoms with E-state index in [1.165, 1.54) is 12.3 Å². The minimum Gasteiger partial charge on any atom is -0.481 e. The number of thioether (sulfide) groups is 1. The second kappa shape index (κ2) is 5.83. The molecule has 0 saturated carbocycles. The first-order valence-electron chi connectivity index (χ1n) is 5.36. The van der Waals surface area contributed by atoms with Crippen LogP contribution in [0.1, 0.15) is 5.56 Å². The Balaban J connectivity index is 2.12. The summed E-state index contributed by atoms with van der Waals surface area (Å²) in [5.74, 6) is -2.84. The zero-order valence-electron chi connectivity index (χ0n) is 9.72. The van der Waals surface area contributed by atoms with E-state index >= 15 is 0 Å². The van der Waals surface area contributed by atoms with Crippen molar-refractivity contribution in [1.29, 1.82) is 0 Å². The zero-order valence-corrected chi connectivity index (χ0v) is 10.5. The predicted octanol–water partition coefficient (Wildman–Crippen LogP) is 2.39. The highest BCUT2D eigenvalue weighted by Gasteiger charge is 2.08. The van der Waals surface area contributed by atoms with Crippen molar-refractivity contribution in [2.75, 3.05) is 5.75 Å². The van der Waals surface area contributed by atoms with Crippen molar-refractivity contribution in [2.45, 2.75) is 11.7 Å². The molecule has 2 aromatic rings. The van der Waals surface area contributed by atoms with Crippen molar-refractivity contribution in [2.24, 2.45) is 0 Å². The fraction of sp³-hybridized carbons (Fsp3) is 0.167. The monoisotopic (exact) mass is 284 g/mol.